The summed E-state index contributed by atoms with van der Waals surface area (Å²) in [7, 11) is 0. The fourth-order valence-electron chi connectivity index (χ4n) is 3.66. The van der Waals surface area contributed by atoms with E-state index in [-0.39, 0.29) is 0 Å². The lowest BCUT2D eigenvalue weighted by Gasteiger charge is -2.34. The molecule has 2 heterocycles. The van der Waals surface area contributed by atoms with Gasteiger partial charge in [-0.1, -0.05) is 27.7 Å². The molecule has 0 aromatic heterocycles. The monoisotopic (exact) mass is 280 g/mol. The number of carbonyl (C=O) groups excluding carboxylic acids is 1. The Morgan fingerprint density at radius 3 is 2.00 bits per heavy atom. The van der Waals surface area contributed by atoms with Gasteiger partial charge in [0.2, 0.25) is 5.91 Å². The molecule has 116 valence electrons. The van der Waals surface area contributed by atoms with Crippen molar-refractivity contribution in [1.82, 2.24) is 9.80 Å². The number of rotatable bonds is 4. The maximum absolute atomic E-state index is 12.4. The van der Waals surface area contributed by atoms with Crippen molar-refractivity contribution in [3.63, 3.8) is 0 Å². The molecular weight excluding hydrogens is 248 g/mol. The van der Waals surface area contributed by atoms with Crippen molar-refractivity contribution in [3.8, 4) is 0 Å². The van der Waals surface area contributed by atoms with E-state index < -0.39 is 0 Å². The van der Waals surface area contributed by atoms with Crippen molar-refractivity contribution < 1.29 is 4.79 Å². The summed E-state index contributed by atoms with van der Waals surface area (Å²) in [4.78, 5) is 16.9. The van der Waals surface area contributed by atoms with E-state index in [1.165, 1.54) is 19.3 Å². The quantitative estimate of drug-likeness (QED) is 0.790. The summed E-state index contributed by atoms with van der Waals surface area (Å²) >= 11 is 0. The minimum atomic E-state index is 0.358. The van der Waals surface area contributed by atoms with Gasteiger partial charge in [-0.3, -0.25) is 9.69 Å². The van der Waals surface area contributed by atoms with E-state index in [4.69, 9.17) is 0 Å². The van der Waals surface area contributed by atoms with Crippen LogP contribution in [0, 0.1) is 23.7 Å². The fraction of sp³-hybridized carbons (Fsp3) is 0.941. The van der Waals surface area contributed by atoms with E-state index >= 15 is 0 Å². The van der Waals surface area contributed by atoms with Crippen molar-refractivity contribution in [3.05, 3.63) is 0 Å². The number of hydrogen-bond donors (Lipinski definition) is 0. The van der Waals surface area contributed by atoms with E-state index in [1.807, 2.05) is 0 Å². The highest BCUT2D eigenvalue weighted by atomic mass is 16.2. The third kappa shape index (κ3) is 3.97. The van der Waals surface area contributed by atoms with E-state index in [0.29, 0.717) is 12.5 Å². The summed E-state index contributed by atoms with van der Waals surface area (Å²) < 4.78 is 0. The molecule has 0 spiro atoms. The number of amides is 1. The van der Waals surface area contributed by atoms with Crippen LogP contribution in [0.5, 0.6) is 0 Å². The summed E-state index contributed by atoms with van der Waals surface area (Å²) in [6, 6.07) is 0. The molecule has 3 nitrogen and oxygen atoms in total. The smallest absolute Gasteiger partial charge is 0.236 e. The maximum atomic E-state index is 12.4. The fourth-order valence-corrected chi connectivity index (χ4v) is 3.66. The van der Waals surface area contributed by atoms with Gasteiger partial charge in [-0.15, -0.1) is 0 Å². The molecule has 0 bridgehead atoms. The van der Waals surface area contributed by atoms with Gasteiger partial charge in [0, 0.05) is 19.6 Å². The first-order valence-electron chi connectivity index (χ1n) is 8.47. The zero-order chi connectivity index (χ0) is 14.7. The standard InChI is InChI=1S/C17H32N2O/c1-13(2)15-6-9-19(10-7-15)17(20)12-18-8-5-16(11-18)14(3)4/h13-16H,5-12H2,1-4H3/t16-/m0/s1. The van der Waals surface area contributed by atoms with Crippen LogP contribution in [0.4, 0.5) is 0 Å². The summed E-state index contributed by atoms with van der Waals surface area (Å²) in [5.74, 6) is 3.47. The van der Waals surface area contributed by atoms with Crippen LogP contribution in [0.25, 0.3) is 0 Å². The highest BCUT2D eigenvalue weighted by molar-refractivity contribution is 5.78. The molecule has 0 radical (unpaired) electrons. The predicted molar refractivity (Wildman–Crippen MR) is 83.5 cm³/mol. The molecule has 2 rings (SSSR count). The predicted octanol–water partition coefficient (Wildman–Crippen LogP) is 2.86. The Morgan fingerprint density at radius 1 is 0.950 bits per heavy atom. The molecular formula is C17H32N2O. The van der Waals surface area contributed by atoms with Gasteiger partial charge in [-0.25, -0.2) is 0 Å². The molecule has 20 heavy (non-hydrogen) atoms. The van der Waals surface area contributed by atoms with Crippen molar-refractivity contribution in [2.45, 2.75) is 47.0 Å². The second-order valence-electron chi connectivity index (χ2n) is 7.49. The topological polar surface area (TPSA) is 23.6 Å². The number of likely N-dealkylation sites (tertiary alicyclic amines) is 2. The molecule has 2 aliphatic rings. The van der Waals surface area contributed by atoms with Crippen LogP contribution in [-0.4, -0.2) is 48.4 Å². The normalized spacial score (nSPS) is 25.9. The Labute approximate surface area is 124 Å². The molecule has 0 saturated carbocycles. The first-order chi connectivity index (χ1) is 9.47. The number of nitrogens with zero attached hydrogens (tertiary/aromatic N) is 2. The van der Waals surface area contributed by atoms with Crippen LogP contribution < -0.4 is 0 Å². The third-order valence-electron chi connectivity index (χ3n) is 5.45. The second-order valence-corrected chi connectivity index (χ2v) is 7.49. The van der Waals surface area contributed by atoms with E-state index in [0.717, 1.165) is 49.9 Å². The van der Waals surface area contributed by atoms with E-state index in [1.54, 1.807) is 0 Å². The molecule has 2 saturated heterocycles. The molecule has 2 fully saturated rings. The molecule has 0 unspecified atom stereocenters. The SMILES string of the molecule is CC(C)C1CCN(C(=O)CN2CC[C@H](C(C)C)C2)CC1. The van der Waals surface area contributed by atoms with Gasteiger partial charge in [0.15, 0.2) is 0 Å². The van der Waals surface area contributed by atoms with E-state index in [9.17, 15) is 4.79 Å². The molecule has 0 aliphatic carbocycles. The summed E-state index contributed by atoms with van der Waals surface area (Å²) in [5.41, 5.74) is 0. The summed E-state index contributed by atoms with van der Waals surface area (Å²) in [6.45, 7) is 14.0. The van der Waals surface area contributed by atoms with Crippen LogP contribution in [0.15, 0.2) is 0 Å². The molecule has 2 aliphatic heterocycles. The van der Waals surface area contributed by atoms with Gasteiger partial charge in [-0.05, 0) is 49.5 Å². The Bertz CT molecular complexity index is 319. The van der Waals surface area contributed by atoms with Crippen molar-refractivity contribution in [2.75, 3.05) is 32.7 Å². The van der Waals surface area contributed by atoms with Crippen molar-refractivity contribution in [1.29, 1.82) is 0 Å². The average Bonchev–Trinajstić information content (AvgIpc) is 2.87. The summed E-state index contributed by atoms with van der Waals surface area (Å²) in [5, 5.41) is 0. The van der Waals surface area contributed by atoms with Gasteiger partial charge in [0.1, 0.15) is 0 Å². The second kappa shape index (κ2) is 6.93. The third-order valence-corrected chi connectivity index (χ3v) is 5.45. The van der Waals surface area contributed by atoms with Gasteiger partial charge in [-0.2, -0.15) is 0 Å². The minimum absolute atomic E-state index is 0.358. The lowest BCUT2D eigenvalue weighted by molar-refractivity contribution is -0.133. The highest BCUT2D eigenvalue weighted by Crippen LogP contribution is 2.26. The lowest BCUT2D eigenvalue weighted by atomic mass is 9.87. The van der Waals surface area contributed by atoms with Crippen LogP contribution in [0.2, 0.25) is 0 Å². The highest BCUT2D eigenvalue weighted by Gasteiger charge is 2.29. The Morgan fingerprint density at radius 2 is 1.50 bits per heavy atom. The van der Waals surface area contributed by atoms with Crippen molar-refractivity contribution in [2.24, 2.45) is 23.7 Å². The van der Waals surface area contributed by atoms with Gasteiger partial charge in [0.25, 0.3) is 0 Å². The molecule has 0 aromatic carbocycles. The number of piperidine rings is 1. The van der Waals surface area contributed by atoms with Crippen molar-refractivity contribution >= 4 is 5.91 Å². The Kier molecular flexibility index (Phi) is 5.48. The van der Waals surface area contributed by atoms with Crippen LogP contribution in [0.3, 0.4) is 0 Å². The Hall–Kier alpha value is -0.570. The first-order valence-corrected chi connectivity index (χ1v) is 8.47. The van der Waals surface area contributed by atoms with Crippen LogP contribution in [-0.2, 0) is 4.79 Å². The zero-order valence-corrected chi connectivity index (χ0v) is 13.8. The van der Waals surface area contributed by atoms with Crippen LogP contribution in [0.1, 0.15) is 47.0 Å². The maximum Gasteiger partial charge on any atom is 0.236 e. The summed E-state index contributed by atoms with van der Waals surface area (Å²) in [6.07, 6.45) is 3.65. The van der Waals surface area contributed by atoms with Gasteiger partial charge in [0.05, 0.1) is 6.54 Å². The molecule has 0 N–H and O–H groups in total. The molecule has 1 atom stereocenters. The minimum Gasteiger partial charge on any atom is -0.342 e. The number of carbonyl (C=O) groups is 1. The number of hydrogen-bond acceptors (Lipinski definition) is 2. The molecule has 3 heteroatoms. The van der Waals surface area contributed by atoms with E-state index in [2.05, 4.69) is 37.5 Å². The molecule has 1 amide bonds. The van der Waals surface area contributed by atoms with Gasteiger partial charge < -0.3 is 4.90 Å². The largest absolute Gasteiger partial charge is 0.342 e. The first kappa shape index (κ1) is 15.8. The lowest BCUT2D eigenvalue weighted by Crippen LogP contribution is -2.44. The zero-order valence-electron chi connectivity index (χ0n) is 13.8. The molecule has 0 aromatic rings. The Balaban J connectivity index is 1.74. The van der Waals surface area contributed by atoms with Gasteiger partial charge >= 0.3 is 0 Å². The average molecular weight is 280 g/mol. The van der Waals surface area contributed by atoms with Crippen LogP contribution >= 0.6 is 0 Å².